The highest BCUT2D eigenvalue weighted by Crippen LogP contribution is 2.33. The Labute approximate surface area is 184 Å². The second kappa shape index (κ2) is 9.43. The van der Waals surface area contributed by atoms with Gasteiger partial charge in [0, 0.05) is 31.1 Å². The molecule has 176 valence electrons. The van der Waals surface area contributed by atoms with E-state index >= 15 is 0 Å². The number of hydrogen-bond donors (Lipinski definition) is 1. The Balaban J connectivity index is 1.77. The number of piperidine rings is 1. The molecule has 33 heavy (non-hydrogen) atoms. The maximum Gasteiger partial charge on any atom is 0.415 e. The number of carbonyl (C=O) groups excluding carboxylic acids is 1. The van der Waals surface area contributed by atoms with Crippen LogP contribution in [0.1, 0.15) is 23.5 Å². The van der Waals surface area contributed by atoms with Crippen LogP contribution in [-0.4, -0.2) is 46.3 Å². The Morgan fingerprint density at radius 1 is 1.15 bits per heavy atom. The van der Waals surface area contributed by atoms with Gasteiger partial charge in [-0.1, -0.05) is 12.1 Å². The molecular formula is C21H18F4N2O6. The second-order valence-electron chi connectivity index (χ2n) is 7.63. The molecular weight excluding hydrogens is 452 g/mol. The standard InChI is InChI=1S/C21H18F4N2O6/c22-18-8-12(1-2-13(18)9-21(23,24)25)14-7-15(19(28)29)11-26(10-14)20(30)33-17-5-3-16(4-6-17)27(31)32/h1-6,8,14-15H,7,9-11H2,(H,28,29). The van der Waals surface area contributed by atoms with Gasteiger partial charge in [0.2, 0.25) is 0 Å². The fourth-order valence-corrected chi connectivity index (χ4v) is 3.65. The summed E-state index contributed by atoms with van der Waals surface area (Å²) in [6.07, 6.45) is -6.88. The molecule has 1 heterocycles. The molecule has 12 heteroatoms. The topological polar surface area (TPSA) is 110 Å². The van der Waals surface area contributed by atoms with Gasteiger partial charge in [-0.25, -0.2) is 9.18 Å². The number of amides is 1. The van der Waals surface area contributed by atoms with Gasteiger partial charge in [-0.3, -0.25) is 14.9 Å². The number of carboxylic acid groups (broad SMARTS) is 1. The van der Waals surface area contributed by atoms with E-state index in [0.29, 0.717) is 0 Å². The summed E-state index contributed by atoms with van der Waals surface area (Å²) in [6.45, 7) is -0.236. The molecule has 2 aromatic rings. The van der Waals surface area contributed by atoms with Crippen LogP contribution < -0.4 is 4.74 Å². The molecule has 0 spiro atoms. The van der Waals surface area contributed by atoms with E-state index in [1.54, 1.807) is 0 Å². The Bertz CT molecular complexity index is 1060. The largest absolute Gasteiger partial charge is 0.481 e. The highest BCUT2D eigenvalue weighted by atomic mass is 19.4. The zero-order valence-corrected chi connectivity index (χ0v) is 16.9. The molecule has 2 atom stereocenters. The SMILES string of the molecule is O=C(O)C1CC(c2ccc(CC(F)(F)F)c(F)c2)CN(C(=O)Oc2ccc([N+](=O)[O-])cc2)C1. The third-order valence-electron chi connectivity index (χ3n) is 5.25. The van der Waals surface area contributed by atoms with Gasteiger partial charge >= 0.3 is 18.2 Å². The number of ether oxygens (including phenoxy) is 1. The molecule has 8 nitrogen and oxygen atoms in total. The molecule has 2 aromatic carbocycles. The van der Waals surface area contributed by atoms with Gasteiger partial charge in [0.15, 0.2) is 0 Å². The van der Waals surface area contributed by atoms with E-state index in [2.05, 4.69) is 0 Å². The average Bonchev–Trinajstić information content (AvgIpc) is 2.74. The van der Waals surface area contributed by atoms with Gasteiger partial charge < -0.3 is 14.7 Å². The van der Waals surface area contributed by atoms with Crippen molar-refractivity contribution in [2.45, 2.75) is 24.9 Å². The number of nitro benzene ring substituents is 1. The van der Waals surface area contributed by atoms with Gasteiger partial charge in [-0.2, -0.15) is 13.2 Å². The molecule has 1 saturated heterocycles. The fraction of sp³-hybridized carbons (Fsp3) is 0.333. The minimum absolute atomic E-state index is 0.00199. The Morgan fingerprint density at radius 3 is 2.36 bits per heavy atom. The van der Waals surface area contributed by atoms with E-state index < -0.39 is 52.8 Å². The number of hydrogen-bond acceptors (Lipinski definition) is 5. The van der Waals surface area contributed by atoms with Gasteiger partial charge in [-0.15, -0.1) is 0 Å². The number of benzene rings is 2. The number of alkyl halides is 3. The quantitative estimate of drug-likeness (QED) is 0.391. The number of likely N-dealkylation sites (tertiary alicyclic amines) is 1. The highest BCUT2D eigenvalue weighted by molar-refractivity contribution is 5.75. The number of carbonyl (C=O) groups is 2. The van der Waals surface area contributed by atoms with Crippen LogP contribution in [0, 0.1) is 21.8 Å². The number of carboxylic acids is 1. The molecule has 1 amide bonds. The Morgan fingerprint density at radius 2 is 1.82 bits per heavy atom. The summed E-state index contributed by atoms with van der Waals surface area (Å²) < 4.78 is 57.1. The fourth-order valence-electron chi connectivity index (χ4n) is 3.65. The van der Waals surface area contributed by atoms with Crippen molar-refractivity contribution in [3.05, 3.63) is 69.5 Å². The van der Waals surface area contributed by atoms with Crippen molar-refractivity contribution in [3.8, 4) is 5.75 Å². The molecule has 0 radical (unpaired) electrons. The highest BCUT2D eigenvalue weighted by Gasteiger charge is 2.36. The van der Waals surface area contributed by atoms with Crippen molar-refractivity contribution in [2.75, 3.05) is 13.1 Å². The van der Waals surface area contributed by atoms with E-state index in [-0.39, 0.29) is 36.5 Å². The van der Waals surface area contributed by atoms with Crippen molar-refractivity contribution in [1.82, 2.24) is 4.90 Å². The lowest BCUT2D eigenvalue weighted by molar-refractivity contribution is -0.384. The minimum atomic E-state index is -4.58. The molecule has 1 aliphatic rings. The second-order valence-corrected chi connectivity index (χ2v) is 7.63. The summed E-state index contributed by atoms with van der Waals surface area (Å²) in [6, 6.07) is 7.90. The predicted octanol–water partition coefficient (Wildman–Crippen LogP) is 4.53. The van der Waals surface area contributed by atoms with Crippen LogP contribution in [0.5, 0.6) is 5.75 Å². The number of halogens is 4. The molecule has 0 aliphatic carbocycles. The lowest BCUT2D eigenvalue weighted by Gasteiger charge is -2.35. The van der Waals surface area contributed by atoms with E-state index in [1.165, 1.54) is 18.2 Å². The molecule has 1 fully saturated rings. The summed E-state index contributed by atoms with van der Waals surface area (Å²) in [7, 11) is 0. The van der Waals surface area contributed by atoms with Gasteiger partial charge in [0.1, 0.15) is 11.6 Å². The molecule has 2 unspecified atom stereocenters. The molecule has 1 aliphatic heterocycles. The van der Waals surface area contributed by atoms with Crippen molar-refractivity contribution < 1.29 is 41.9 Å². The third-order valence-corrected chi connectivity index (χ3v) is 5.25. The summed E-state index contributed by atoms with van der Waals surface area (Å²) in [5.41, 5.74) is -0.487. The minimum Gasteiger partial charge on any atom is -0.481 e. The first kappa shape index (κ1) is 24.0. The number of nitrogens with zero attached hydrogens (tertiary/aromatic N) is 2. The normalized spacial score (nSPS) is 18.6. The summed E-state index contributed by atoms with van der Waals surface area (Å²) in [5.74, 6) is -3.92. The van der Waals surface area contributed by atoms with Crippen LogP contribution in [0.15, 0.2) is 42.5 Å². The zero-order valence-electron chi connectivity index (χ0n) is 16.9. The molecule has 0 saturated carbocycles. The van der Waals surface area contributed by atoms with Crippen LogP contribution in [0.2, 0.25) is 0 Å². The van der Waals surface area contributed by atoms with Crippen molar-refractivity contribution >= 4 is 17.7 Å². The molecule has 1 N–H and O–H groups in total. The van der Waals surface area contributed by atoms with Crippen LogP contribution in [0.25, 0.3) is 0 Å². The van der Waals surface area contributed by atoms with E-state index in [9.17, 15) is 42.4 Å². The van der Waals surface area contributed by atoms with Gasteiger partial charge in [-0.05, 0) is 35.7 Å². The zero-order chi connectivity index (χ0) is 24.3. The average molecular weight is 470 g/mol. The van der Waals surface area contributed by atoms with Crippen LogP contribution in [0.3, 0.4) is 0 Å². The lowest BCUT2D eigenvalue weighted by Crippen LogP contribution is -2.46. The smallest absolute Gasteiger partial charge is 0.415 e. The Kier molecular flexibility index (Phi) is 6.84. The number of nitro groups is 1. The third kappa shape index (κ3) is 6.18. The summed E-state index contributed by atoms with van der Waals surface area (Å²) >= 11 is 0. The first-order chi connectivity index (χ1) is 15.4. The Hall–Kier alpha value is -3.70. The predicted molar refractivity (Wildman–Crippen MR) is 105 cm³/mol. The van der Waals surface area contributed by atoms with E-state index in [4.69, 9.17) is 4.74 Å². The number of non-ortho nitro benzene ring substituents is 1. The molecule has 0 bridgehead atoms. The van der Waals surface area contributed by atoms with Gasteiger partial charge in [0.25, 0.3) is 5.69 Å². The van der Waals surface area contributed by atoms with E-state index in [1.807, 2.05) is 0 Å². The first-order valence-electron chi connectivity index (χ1n) is 9.72. The van der Waals surface area contributed by atoms with Crippen LogP contribution >= 0.6 is 0 Å². The molecule has 0 aromatic heterocycles. The number of rotatable bonds is 5. The summed E-state index contributed by atoms with van der Waals surface area (Å²) in [4.78, 5) is 35.4. The van der Waals surface area contributed by atoms with Gasteiger partial charge in [0.05, 0.1) is 17.3 Å². The summed E-state index contributed by atoms with van der Waals surface area (Å²) in [5, 5.41) is 20.2. The monoisotopic (exact) mass is 470 g/mol. The number of aliphatic carboxylic acids is 1. The maximum atomic E-state index is 14.3. The van der Waals surface area contributed by atoms with Crippen molar-refractivity contribution in [1.29, 1.82) is 0 Å². The first-order valence-corrected chi connectivity index (χ1v) is 9.72. The maximum absolute atomic E-state index is 14.3. The van der Waals surface area contributed by atoms with Crippen LogP contribution in [0.4, 0.5) is 28.0 Å². The van der Waals surface area contributed by atoms with Crippen molar-refractivity contribution in [3.63, 3.8) is 0 Å². The van der Waals surface area contributed by atoms with Crippen molar-refractivity contribution in [2.24, 2.45) is 5.92 Å². The van der Waals surface area contributed by atoms with Crippen LogP contribution in [-0.2, 0) is 11.2 Å². The lowest BCUT2D eigenvalue weighted by atomic mass is 9.84. The van der Waals surface area contributed by atoms with E-state index in [0.717, 1.165) is 29.2 Å². The molecule has 3 rings (SSSR count).